The Morgan fingerprint density at radius 1 is 1.17 bits per heavy atom. The summed E-state index contributed by atoms with van der Waals surface area (Å²) in [6, 6.07) is 0. The van der Waals surface area contributed by atoms with Crippen LogP contribution < -0.4 is 9.79 Å². The summed E-state index contributed by atoms with van der Waals surface area (Å²) in [5, 5.41) is 44.9. The minimum absolute atomic E-state index is 0.939. The largest absolute Gasteiger partial charge is 0.790 e. The summed E-state index contributed by atoms with van der Waals surface area (Å²) in [5.41, 5.74) is 0. The number of ketones is 1. The third-order valence-corrected chi connectivity index (χ3v) is 2.39. The molecular weight excluding hydrogens is 275 g/mol. The lowest BCUT2D eigenvalue weighted by Gasteiger charge is -2.29. The molecule has 0 saturated carbocycles. The third-order valence-electron chi connectivity index (χ3n) is 1.95. The molecule has 0 aliphatic rings. The summed E-state index contributed by atoms with van der Waals surface area (Å²) in [4.78, 5) is 31.2. The van der Waals surface area contributed by atoms with E-state index in [4.69, 9.17) is 15.3 Å². The van der Waals surface area contributed by atoms with E-state index < -0.39 is 51.2 Å². The van der Waals surface area contributed by atoms with Gasteiger partial charge in [-0.3, -0.25) is 4.79 Å². The van der Waals surface area contributed by atoms with Crippen LogP contribution in [0.5, 0.6) is 0 Å². The number of phosphoric acid groups is 1. The molecule has 0 saturated heterocycles. The normalized spacial score (nSPS) is 19.1. The second-order valence-corrected chi connectivity index (χ2v) is 4.52. The van der Waals surface area contributed by atoms with E-state index in [1.165, 1.54) is 0 Å². The summed E-state index contributed by atoms with van der Waals surface area (Å²) in [6.07, 6.45) is -8.32. The fraction of sp³-hybridized carbons (Fsp3) is 0.857. The molecule has 5 N–H and O–H groups in total. The van der Waals surface area contributed by atoms with Crippen molar-refractivity contribution in [1.82, 2.24) is 0 Å². The first-order chi connectivity index (χ1) is 8.10. The molecule has 0 rings (SSSR count). The smallest absolute Gasteiger partial charge is 0.189 e. The number of hydrogen-bond donors (Lipinski definition) is 5. The molecule has 0 radical (unpaired) electrons. The lowest BCUT2D eigenvalue weighted by atomic mass is 10.0. The Labute approximate surface area is 101 Å². The number of carbonyl (C=O) groups excluding carboxylic acids is 1. The van der Waals surface area contributed by atoms with Crippen molar-refractivity contribution < 1.29 is 49.2 Å². The molecule has 0 aromatic rings. The summed E-state index contributed by atoms with van der Waals surface area (Å²) >= 11 is 0. The molecular formula is C7H13O10P-2. The van der Waals surface area contributed by atoms with E-state index in [0.717, 1.165) is 0 Å². The molecule has 0 aromatic heterocycles. The summed E-state index contributed by atoms with van der Waals surface area (Å²) in [7, 11) is -5.40. The fourth-order valence-electron chi connectivity index (χ4n) is 0.941. The van der Waals surface area contributed by atoms with Gasteiger partial charge >= 0.3 is 0 Å². The maximum Gasteiger partial charge on any atom is 0.189 e. The first-order valence-corrected chi connectivity index (χ1v) is 6.08. The van der Waals surface area contributed by atoms with E-state index in [0.29, 0.717) is 0 Å². The van der Waals surface area contributed by atoms with Gasteiger partial charge in [-0.2, -0.15) is 0 Å². The highest BCUT2D eigenvalue weighted by molar-refractivity contribution is 7.43. The zero-order chi connectivity index (χ0) is 14.5. The van der Waals surface area contributed by atoms with E-state index in [1.54, 1.807) is 0 Å². The predicted molar refractivity (Wildman–Crippen MR) is 49.7 cm³/mol. The van der Waals surface area contributed by atoms with Crippen LogP contribution in [0.1, 0.15) is 0 Å². The minimum Gasteiger partial charge on any atom is -0.790 e. The van der Waals surface area contributed by atoms with Crippen molar-refractivity contribution in [3.05, 3.63) is 0 Å². The highest BCUT2D eigenvalue weighted by atomic mass is 31.2. The quantitative estimate of drug-likeness (QED) is 0.270. The van der Waals surface area contributed by atoms with Gasteiger partial charge in [0.05, 0.1) is 14.4 Å². The molecule has 0 aliphatic heterocycles. The standard InChI is InChI=1S/C7H15O10P/c8-1-3(9)5(11)7(13)6(12)4(10)2-17-18(14,15)16/h3,5-9,11-13H,1-2H2,(H2,14,15,16)/p-2/t3-,5-,6-,7-/m1/s1. The van der Waals surface area contributed by atoms with Crippen molar-refractivity contribution in [2.75, 3.05) is 13.2 Å². The number of phosphoric ester groups is 1. The highest BCUT2D eigenvalue weighted by Gasteiger charge is 2.33. The molecule has 0 unspecified atom stereocenters. The van der Waals surface area contributed by atoms with E-state index in [-0.39, 0.29) is 0 Å². The van der Waals surface area contributed by atoms with E-state index in [1.807, 2.05) is 0 Å². The SMILES string of the molecule is O=C(COP(=O)([O-])[O-])[C@@H](O)[C@H](O)[C@H](O)[C@H](O)CO. The topological polar surface area (TPSA) is 191 Å². The summed E-state index contributed by atoms with van der Waals surface area (Å²) in [6.45, 7) is -2.25. The number of Topliss-reactive ketones (excluding diaryl/α,β-unsaturated/α-hetero) is 1. The van der Waals surface area contributed by atoms with Crippen LogP contribution in [0.3, 0.4) is 0 Å². The third kappa shape index (κ3) is 5.96. The number of carbonyl (C=O) groups is 1. The van der Waals surface area contributed by atoms with E-state index >= 15 is 0 Å². The Morgan fingerprint density at radius 2 is 1.67 bits per heavy atom. The van der Waals surface area contributed by atoms with Crippen molar-refractivity contribution in [1.29, 1.82) is 0 Å². The van der Waals surface area contributed by atoms with Gasteiger partial charge in [-0.1, -0.05) is 0 Å². The monoisotopic (exact) mass is 288 g/mol. The lowest BCUT2D eigenvalue weighted by Crippen LogP contribution is -2.49. The van der Waals surface area contributed by atoms with Crippen LogP contribution in [0.25, 0.3) is 0 Å². The Bertz CT molecular complexity index is 313. The zero-order valence-corrected chi connectivity index (χ0v) is 9.84. The predicted octanol–water partition coefficient (Wildman–Crippen LogP) is -5.16. The lowest BCUT2D eigenvalue weighted by molar-refractivity contribution is -0.341. The molecule has 18 heavy (non-hydrogen) atoms. The van der Waals surface area contributed by atoms with Gasteiger partial charge in [-0.25, -0.2) is 0 Å². The van der Waals surface area contributed by atoms with Gasteiger partial charge in [0.15, 0.2) is 5.78 Å². The Hall–Kier alpha value is -0.420. The molecule has 0 heterocycles. The summed E-state index contributed by atoms with van der Waals surface area (Å²) < 4.78 is 13.6. The molecule has 4 atom stereocenters. The first-order valence-electron chi connectivity index (χ1n) is 4.62. The maximum atomic E-state index is 11.1. The van der Waals surface area contributed by atoms with Crippen LogP contribution in [0.2, 0.25) is 0 Å². The van der Waals surface area contributed by atoms with Crippen molar-refractivity contribution in [2.24, 2.45) is 0 Å². The number of aliphatic hydroxyl groups is 5. The average Bonchev–Trinajstić information content (AvgIpc) is 2.31. The Balaban J connectivity index is 4.41. The molecule has 0 amide bonds. The summed E-state index contributed by atoms with van der Waals surface area (Å²) in [5.74, 6) is -1.39. The van der Waals surface area contributed by atoms with E-state index in [9.17, 15) is 29.4 Å². The molecule has 0 bridgehead atoms. The molecule has 0 aromatic carbocycles. The van der Waals surface area contributed by atoms with Crippen LogP contribution in [-0.4, -0.2) is 68.9 Å². The number of aliphatic hydroxyl groups excluding tert-OH is 5. The van der Waals surface area contributed by atoms with Crippen LogP contribution in [0, 0.1) is 0 Å². The molecule has 108 valence electrons. The zero-order valence-electron chi connectivity index (χ0n) is 8.95. The molecule has 0 aliphatic carbocycles. The highest BCUT2D eigenvalue weighted by Crippen LogP contribution is 2.24. The molecule has 0 spiro atoms. The van der Waals surface area contributed by atoms with Gasteiger partial charge in [-0.05, 0) is 0 Å². The Morgan fingerprint density at radius 3 is 2.06 bits per heavy atom. The second-order valence-electron chi connectivity index (χ2n) is 3.36. The van der Waals surface area contributed by atoms with Crippen molar-refractivity contribution >= 4 is 13.6 Å². The van der Waals surface area contributed by atoms with Gasteiger partial charge in [-0.15, -0.1) is 0 Å². The minimum atomic E-state index is -5.40. The molecule has 10 nitrogen and oxygen atoms in total. The van der Waals surface area contributed by atoms with E-state index in [2.05, 4.69) is 4.52 Å². The molecule has 11 heteroatoms. The average molecular weight is 288 g/mol. The van der Waals surface area contributed by atoms with Gasteiger partial charge in [0.2, 0.25) is 0 Å². The van der Waals surface area contributed by atoms with Crippen molar-refractivity contribution in [3.63, 3.8) is 0 Å². The van der Waals surface area contributed by atoms with Crippen LogP contribution in [-0.2, 0) is 13.9 Å². The van der Waals surface area contributed by atoms with Crippen LogP contribution in [0.4, 0.5) is 0 Å². The van der Waals surface area contributed by atoms with Crippen molar-refractivity contribution in [2.45, 2.75) is 24.4 Å². The van der Waals surface area contributed by atoms with Crippen LogP contribution >= 0.6 is 7.82 Å². The number of rotatable bonds is 8. The van der Waals surface area contributed by atoms with Gasteiger partial charge in [0, 0.05) is 0 Å². The number of hydrogen-bond acceptors (Lipinski definition) is 10. The maximum absolute atomic E-state index is 11.1. The Kier molecular flexibility index (Phi) is 7.07. The fourth-order valence-corrected chi connectivity index (χ4v) is 1.23. The van der Waals surface area contributed by atoms with Gasteiger partial charge < -0.3 is 44.4 Å². The first kappa shape index (κ1) is 17.6. The van der Waals surface area contributed by atoms with Gasteiger partial charge in [0.25, 0.3) is 0 Å². The van der Waals surface area contributed by atoms with Crippen molar-refractivity contribution in [3.8, 4) is 0 Å². The molecule has 0 fully saturated rings. The van der Waals surface area contributed by atoms with Gasteiger partial charge in [0.1, 0.15) is 31.0 Å². The second kappa shape index (κ2) is 7.24. The van der Waals surface area contributed by atoms with Crippen LogP contribution in [0.15, 0.2) is 0 Å².